The third-order valence-electron chi connectivity index (χ3n) is 1.99. The van der Waals surface area contributed by atoms with E-state index in [1.807, 2.05) is 24.3 Å². The molecule has 0 aliphatic heterocycles. The van der Waals surface area contributed by atoms with Gasteiger partial charge in [-0.2, -0.15) is 0 Å². The van der Waals surface area contributed by atoms with E-state index in [0.29, 0.717) is 6.61 Å². The molecule has 1 aromatic heterocycles. The van der Waals surface area contributed by atoms with Gasteiger partial charge in [0.1, 0.15) is 12.4 Å². The van der Waals surface area contributed by atoms with Crippen LogP contribution in [0.2, 0.25) is 0 Å². The molecule has 0 saturated carbocycles. The van der Waals surface area contributed by atoms with Crippen LogP contribution in [0.5, 0.6) is 5.75 Å². The molecule has 0 unspecified atom stereocenters. The number of benzene rings is 1. The number of ether oxygens (including phenoxy) is 1. The molecular weight excluding hydrogens is 272 g/mol. The fraction of sp³-hybridized carbons (Fsp3) is 0.167. The largest absolute Gasteiger partial charge is 0.489 e. The van der Waals surface area contributed by atoms with E-state index in [2.05, 4.69) is 34.3 Å². The SMILES string of the molecule is Cc1cc(COc2cccc(Br)c2)cs1. The van der Waals surface area contributed by atoms with E-state index < -0.39 is 0 Å². The molecule has 0 N–H and O–H groups in total. The lowest BCUT2D eigenvalue weighted by Gasteiger charge is -2.04. The van der Waals surface area contributed by atoms with E-state index in [-0.39, 0.29) is 0 Å². The van der Waals surface area contributed by atoms with Crippen molar-refractivity contribution in [1.82, 2.24) is 0 Å². The molecule has 3 heteroatoms. The normalized spacial score (nSPS) is 10.3. The van der Waals surface area contributed by atoms with Crippen molar-refractivity contribution in [2.75, 3.05) is 0 Å². The van der Waals surface area contributed by atoms with E-state index >= 15 is 0 Å². The molecule has 2 rings (SSSR count). The monoisotopic (exact) mass is 282 g/mol. The Kier molecular flexibility index (Phi) is 3.44. The Labute approximate surface area is 102 Å². The Hall–Kier alpha value is -0.800. The van der Waals surface area contributed by atoms with Crippen molar-refractivity contribution < 1.29 is 4.74 Å². The van der Waals surface area contributed by atoms with Gasteiger partial charge in [0.05, 0.1) is 0 Å². The van der Waals surface area contributed by atoms with Crippen LogP contribution in [-0.4, -0.2) is 0 Å². The average Bonchev–Trinajstić information content (AvgIpc) is 2.62. The van der Waals surface area contributed by atoms with E-state index in [4.69, 9.17) is 4.74 Å². The van der Waals surface area contributed by atoms with Crippen molar-refractivity contribution in [2.24, 2.45) is 0 Å². The second-order valence-electron chi connectivity index (χ2n) is 3.31. The molecule has 0 aliphatic carbocycles. The number of hydrogen-bond acceptors (Lipinski definition) is 2. The summed E-state index contributed by atoms with van der Waals surface area (Å²) < 4.78 is 6.71. The Morgan fingerprint density at radius 1 is 1.33 bits per heavy atom. The summed E-state index contributed by atoms with van der Waals surface area (Å²) in [6.07, 6.45) is 0. The number of halogens is 1. The molecular formula is C12H11BrOS. The fourth-order valence-electron chi connectivity index (χ4n) is 1.30. The van der Waals surface area contributed by atoms with Crippen molar-refractivity contribution in [3.63, 3.8) is 0 Å². The average molecular weight is 283 g/mol. The van der Waals surface area contributed by atoms with Gasteiger partial charge in [0, 0.05) is 14.9 Å². The quantitative estimate of drug-likeness (QED) is 0.811. The summed E-state index contributed by atoms with van der Waals surface area (Å²) in [7, 11) is 0. The van der Waals surface area contributed by atoms with Gasteiger partial charge in [-0.1, -0.05) is 22.0 Å². The molecule has 0 atom stereocenters. The smallest absolute Gasteiger partial charge is 0.120 e. The van der Waals surface area contributed by atoms with Crippen LogP contribution in [-0.2, 0) is 6.61 Å². The van der Waals surface area contributed by atoms with Crippen LogP contribution in [0.1, 0.15) is 10.4 Å². The second-order valence-corrected chi connectivity index (χ2v) is 5.34. The molecule has 0 fully saturated rings. The lowest BCUT2D eigenvalue weighted by atomic mass is 10.3. The van der Waals surface area contributed by atoms with Crippen molar-refractivity contribution in [1.29, 1.82) is 0 Å². The van der Waals surface area contributed by atoms with Gasteiger partial charge in [0.15, 0.2) is 0 Å². The maximum absolute atomic E-state index is 5.66. The number of thiophene rings is 1. The number of aryl methyl sites for hydroxylation is 1. The molecule has 0 saturated heterocycles. The van der Waals surface area contributed by atoms with E-state index in [0.717, 1.165) is 10.2 Å². The molecule has 0 aliphatic rings. The first-order valence-corrected chi connectivity index (χ1v) is 6.34. The van der Waals surface area contributed by atoms with Gasteiger partial charge in [-0.05, 0) is 36.6 Å². The first-order valence-electron chi connectivity index (χ1n) is 4.66. The first-order chi connectivity index (χ1) is 7.24. The van der Waals surface area contributed by atoms with Gasteiger partial charge in [0.25, 0.3) is 0 Å². The highest BCUT2D eigenvalue weighted by atomic mass is 79.9. The van der Waals surface area contributed by atoms with Crippen LogP contribution < -0.4 is 4.74 Å². The van der Waals surface area contributed by atoms with Crippen molar-refractivity contribution in [2.45, 2.75) is 13.5 Å². The van der Waals surface area contributed by atoms with Gasteiger partial charge < -0.3 is 4.74 Å². The predicted octanol–water partition coefficient (Wildman–Crippen LogP) is 4.40. The van der Waals surface area contributed by atoms with Crippen molar-refractivity contribution >= 4 is 27.3 Å². The maximum Gasteiger partial charge on any atom is 0.120 e. The van der Waals surface area contributed by atoms with Gasteiger partial charge in [-0.15, -0.1) is 11.3 Å². The number of rotatable bonds is 3. The van der Waals surface area contributed by atoms with Gasteiger partial charge in [-0.25, -0.2) is 0 Å². The summed E-state index contributed by atoms with van der Waals surface area (Å²) in [5, 5.41) is 2.13. The van der Waals surface area contributed by atoms with Gasteiger partial charge in [-0.3, -0.25) is 0 Å². The van der Waals surface area contributed by atoms with Crippen LogP contribution in [0, 0.1) is 6.92 Å². The van der Waals surface area contributed by atoms with Crippen LogP contribution in [0.25, 0.3) is 0 Å². The molecule has 2 aromatic rings. The molecule has 15 heavy (non-hydrogen) atoms. The fourth-order valence-corrected chi connectivity index (χ4v) is 2.37. The van der Waals surface area contributed by atoms with Gasteiger partial charge >= 0.3 is 0 Å². The predicted molar refractivity (Wildman–Crippen MR) is 67.5 cm³/mol. The first kappa shape index (κ1) is 10.7. The zero-order valence-corrected chi connectivity index (χ0v) is 10.8. The number of hydrogen-bond donors (Lipinski definition) is 0. The van der Waals surface area contributed by atoms with Crippen LogP contribution in [0.4, 0.5) is 0 Å². The zero-order chi connectivity index (χ0) is 10.7. The standard InChI is InChI=1S/C12H11BrOS/c1-9-5-10(8-15-9)7-14-12-4-2-3-11(13)6-12/h2-6,8H,7H2,1H3. The Balaban J connectivity index is 1.99. The van der Waals surface area contributed by atoms with Gasteiger partial charge in [0.2, 0.25) is 0 Å². The molecule has 1 nitrogen and oxygen atoms in total. The molecule has 0 spiro atoms. The third kappa shape index (κ3) is 3.08. The Morgan fingerprint density at radius 2 is 2.20 bits per heavy atom. The highest BCUT2D eigenvalue weighted by molar-refractivity contribution is 9.10. The highest BCUT2D eigenvalue weighted by Crippen LogP contribution is 2.20. The van der Waals surface area contributed by atoms with Crippen LogP contribution in [0.15, 0.2) is 40.2 Å². The lowest BCUT2D eigenvalue weighted by Crippen LogP contribution is -1.93. The highest BCUT2D eigenvalue weighted by Gasteiger charge is 1.98. The molecule has 0 bridgehead atoms. The van der Waals surface area contributed by atoms with E-state index in [9.17, 15) is 0 Å². The minimum atomic E-state index is 0.640. The second kappa shape index (κ2) is 4.81. The summed E-state index contributed by atoms with van der Waals surface area (Å²) in [6, 6.07) is 10.0. The minimum absolute atomic E-state index is 0.640. The molecule has 1 heterocycles. The summed E-state index contributed by atoms with van der Waals surface area (Å²) in [6.45, 7) is 2.74. The van der Waals surface area contributed by atoms with E-state index in [1.165, 1.54) is 10.4 Å². The summed E-state index contributed by atoms with van der Waals surface area (Å²) in [5.41, 5.74) is 1.23. The Bertz CT molecular complexity index is 450. The van der Waals surface area contributed by atoms with Crippen LogP contribution in [0.3, 0.4) is 0 Å². The summed E-state index contributed by atoms with van der Waals surface area (Å²) >= 11 is 5.17. The lowest BCUT2D eigenvalue weighted by molar-refractivity contribution is 0.306. The maximum atomic E-state index is 5.66. The third-order valence-corrected chi connectivity index (χ3v) is 3.39. The summed E-state index contributed by atoms with van der Waals surface area (Å²) in [4.78, 5) is 1.32. The molecule has 1 aromatic carbocycles. The minimum Gasteiger partial charge on any atom is -0.489 e. The van der Waals surface area contributed by atoms with E-state index in [1.54, 1.807) is 11.3 Å². The topological polar surface area (TPSA) is 9.23 Å². The molecule has 78 valence electrons. The molecule has 0 amide bonds. The van der Waals surface area contributed by atoms with Crippen molar-refractivity contribution in [3.05, 3.63) is 50.6 Å². The van der Waals surface area contributed by atoms with Crippen molar-refractivity contribution in [3.8, 4) is 5.75 Å². The summed E-state index contributed by atoms with van der Waals surface area (Å²) in [5.74, 6) is 0.897. The van der Waals surface area contributed by atoms with Crippen LogP contribution >= 0.6 is 27.3 Å². The Morgan fingerprint density at radius 3 is 2.87 bits per heavy atom. The molecule has 0 radical (unpaired) electrons. The zero-order valence-electron chi connectivity index (χ0n) is 8.37.